The lowest BCUT2D eigenvalue weighted by Crippen LogP contribution is -2.45. The fourth-order valence-corrected chi connectivity index (χ4v) is 4.54. The molecule has 2 aromatic carbocycles. The zero-order chi connectivity index (χ0) is 24.1. The van der Waals surface area contributed by atoms with Gasteiger partial charge >= 0.3 is 5.97 Å². The number of ether oxygens (including phenoxy) is 3. The van der Waals surface area contributed by atoms with E-state index in [-0.39, 0.29) is 17.9 Å². The topological polar surface area (TPSA) is 86.8 Å². The van der Waals surface area contributed by atoms with Crippen LogP contribution in [0, 0.1) is 5.92 Å². The Bertz CT molecular complexity index is 1150. The Morgan fingerprint density at radius 1 is 1.24 bits per heavy atom. The van der Waals surface area contributed by atoms with E-state index in [1.807, 2.05) is 50.2 Å². The van der Waals surface area contributed by atoms with E-state index in [4.69, 9.17) is 14.2 Å². The number of hydrogen-bond donors (Lipinski definition) is 1. The molecule has 0 radical (unpaired) electrons. The summed E-state index contributed by atoms with van der Waals surface area (Å²) < 4.78 is 16.9. The SMILES string of the molecule is CCC(C)[C@H](NC(=O)c1cnc(Oc2ccc3c(c2)CC[C@@H](c2ccccc2)O3)s1)C(=O)OC. The van der Waals surface area contributed by atoms with Crippen molar-refractivity contribution in [2.45, 2.75) is 45.3 Å². The highest BCUT2D eigenvalue weighted by Crippen LogP contribution is 2.38. The van der Waals surface area contributed by atoms with E-state index in [0.717, 1.165) is 41.9 Å². The van der Waals surface area contributed by atoms with Crippen LogP contribution >= 0.6 is 11.3 Å². The molecule has 1 aliphatic heterocycles. The van der Waals surface area contributed by atoms with E-state index in [1.165, 1.54) is 18.9 Å². The number of fused-ring (bicyclic) bond motifs is 1. The van der Waals surface area contributed by atoms with Crippen molar-refractivity contribution in [2.75, 3.05) is 7.11 Å². The van der Waals surface area contributed by atoms with Gasteiger partial charge in [-0.15, -0.1) is 0 Å². The average Bonchev–Trinajstić information content (AvgIpc) is 3.35. The Labute approximate surface area is 203 Å². The smallest absolute Gasteiger partial charge is 0.328 e. The average molecular weight is 481 g/mol. The Balaban J connectivity index is 1.40. The van der Waals surface area contributed by atoms with Crippen LogP contribution in [0.25, 0.3) is 0 Å². The lowest BCUT2D eigenvalue weighted by molar-refractivity contribution is -0.144. The Morgan fingerprint density at radius 2 is 2.03 bits per heavy atom. The molecule has 7 nitrogen and oxygen atoms in total. The first-order chi connectivity index (χ1) is 16.5. The summed E-state index contributed by atoms with van der Waals surface area (Å²) in [7, 11) is 1.31. The first-order valence-electron chi connectivity index (χ1n) is 11.4. The van der Waals surface area contributed by atoms with Crippen molar-refractivity contribution in [3.8, 4) is 16.7 Å². The van der Waals surface area contributed by atoms with Gasteiger partial charge in [0.1, 0.15) is 28.5 Å². The monoisotopic (exact) mass is 480 g/mol. The molecule has 0 fully saturated rings. The summed E-state index contributed by atoms with van der Waals surface area (Å²) in [5.41, 5.74) is 2.25. The van der Waals surface area contributed by atoms with Crippen LogP contribution < -0.4 is 14.8 Å². The van der Waals surface area contributed by atoms with Crippen molar-refractivity contribution in [1.29, 1.82) is 0 Å². The van der Waals surface area contributed by atoms with Gasteiger partial charge in [0.2, 0.25) is 0 Å². The minimum absolute atomic E-state index is 0.0461. The van der Waals surface area contributed by atoms with Crippen molar-refractivity contribution in [2.24, 2.45) is 5.92 Å². The number of nitrogens with zero attached hydrogens (tertiary/aromatic N) is 1. The Hall–Kier alpha value is -3.39. The molecule has 34 heavy (non-hydrogen) atoms. The molecule has 0 spiro atoms. The first kappa shape index (κ1) is 23.8. The molecule has 4 rings (SSSR count). The molecule has 178 valence electrons. The molecular weight excluding hydrogens is 452 g/mol. The largest absolute Gasteiger partial charge is 0.485 e. The van der Waals surface area contributed by atoms with Gasteiger partial charge in [-0.25, -0.2) is 9.78 Å². The number of nitrogens with one attached hydrogen (secondary N) is 1. The number of benzene rings is 2. The second-order valence-electron chi connectivity index (χ2n) is 8.28. The van der Waals surface area contributed by atoms with Gasteiger partial charge in [-0.2, -0.15) is 0 Å². The second kappa shape index (κ2) is 10.7. The van der Waals surface area contributed by atoms with Crippen molar-refractivity contribution in [1.82, 2.24) is 10.3 Å². The number of amides is 1. The van der Waals surface area contributed by atoms with E-state index in [2.05, 4.69) is 22.4 Å². The molecular formula is C26H28N2O5S. The van der Waals surface area contributed by atoms with Crippen LogP contribution in [0.2, 0.25) is 0 Å². The molecule has 1 aromatic heterocycles. The van der Waals surface area contributed by atoms with Crippen molar-refractivity contribution in [3.63, 3.8) is 0 Å². The number of methoxy groups -OCH3 is 1. The zero-order valence-electron chi connectivity index (χ0n) is 19.4. The van der Waals surface area contributed by atoms with E-state index in [1.54, 1.807) is 0 Å². The number of carbonyl (C=O) groups excluding carboxylic acids is 2. The third kappa shape index (κ3) is 5.39. The van der Waals surface area contributed by atoms with E-state index in [9.17, 15) is 9.59 Å². The highest BCUT2D eigenvalue weighted by Gasteiger charge is 2.28. The van der Waals surface area contributed by atoms with Gasteiger partial charge in [0, 0.05) is 0 Å². The number of rotatable bonds is 8. The quantitative estimate of drug-likeness (QED) is 0.439. The molecule has 1 aliphatic rings. The minimum Gasteiger partial charge on any atom is -0.485 e. The molecule has 1 amide bonds. The van der Waals surface area contributed by atoms with Gasteiger partial charge in [0.15, 0.2) is 0 Å². The maximum Gasteiger partial charge on any atom is 0.328 e. The van der Waals surface area contributed by atoms with Gasteiger partial charge in [-0.05, 0) is 48.1 Å². The lowest BCUT2D eigenvalue weighted by Gasteiger charge is -2.26. The Kier molecular flexibility index (Phi) is 7.47. The van der Waals surface area contributed by atoms with Gasteiger partial charge in [-0.3, -0.25) is 4.79 Å². The number of carbonyl (C=O) groups is 2. The van der Waals surface area contributed by atoms with Crippen LogP contribution in [0.15, 0.2) is 54.7 Å². The summed E-state index contributed by atoms with van der Waals surface area (Å²) in [6, 6.07) is 15.2. The Morgan fingerprint density at radius 3 is 2.76 bits per heavy atom. The van der Waals surface area contributed by atoms with E-state index < -0.39 is 12.0 Å². The first-order valence-corrected chi connectivity index (χ1v) is 12.2. The van der Waals surface area contributed by atoms with Gasteiger partial charge in [-0.1, -0.05) is 61.9 Å². The minimum atomic E-state index is -0.714. The molecule has 0 saturated carbocycles. The third-order valence-electron chi connectivity index (χ3n) is 6.02. The highest BCUT2D eigenvalue weighted by atomic mass is 32.1. The van der Waals surface area contributed by atoms with Crippen LogP contribution in [0.5, 0.6) is 16.7 Å². The third-order valence-corrected chi connectivity index (χ3v) is 6.89. The number of hydrogen-bond acceptors (Lipinski definition) is 7. The zero-order valence-corrected chi connectivity index (χ0v) is 20.3. The molecule has 2 heterocycles. The summed E-state index contributed by atoms with van der Waals surface area (Å²) in [4.78, 5) is 29.3. The van der Waals surface area contributed by atoms with Gasteiger partial charge in [0.05, 0.1) is 13.3 Å². The van der Waals surface area contributed by atoms with Crippen LogP contribution in [-0.2, 0) is 16.0 Å². The van der Waals surface area contributed by atoms with Crippen molar-refractivity contribution in [3.05, 3.63) is 70.7 Å². The number of thiazole rings is 1. The molecule has 1 N–H and O–H groups in total. The van der Waals surface area contributed by atoms with Gasteiger partial charge in [0.25, 0.3) is 11.1 Å². The predicted molar refractivity (Wildman–Crippen MR) is 129 cm³/mol. The summed E-state index contributed by atoms with van der Waals surface area (Å²) in [5, 5.41) is 3.10. The second-order valence-corrected chi connectivity index (χ2v) is 9.27. The van der Waals surface area contributed by atoms with Crippen molar-refractivity contribution >= 4 is 23.2 Å². The van der Waals surface area contributed by atoms with E-state index >= 15 is 0 Å². The summed E-state index contributed by atoms with van der Waals surface area (Å²) in [6.45, 7) is 3.85. The van der Waals surface area contributed by atoms with E-state index in [0.29, 0.717) is 15.8 Å². The molecule has 3 aromatic rings. The lowest BCUT2D eigenvalue weighted by atomic mass is 9.97. The fourth-order valence-electron chi connectivity index (χ4n) is 3.85. The van der Waals surface area contributed by atoms with Crippen LogP contribution in [0.3, 0.4) is 0 Å². The number of aromatic nitrogens is 1. The van der Waals surface area contributed by atoms with Crippen LogP contribution in [-0.4, -0.2) is 30.0 Å². The number of esters is 1. The normalized spacial score (nSPS) is 16.5. The maximum atomic E-state index is 12.7. The molecule has 0 saturated heterocycles. The van der Waals surface area contributed by atoms with Gasteiger partial charge < -0.3 is 19.5 Å². The van der Waals surface area contributed by atoms with Crippen molar-refractivity contribution < 1.29 is 23.8 Å². The molecule has 0 bridgehead atoms. The summed E-state index contributed by atoms with van der Waals surface area (Å²) >= 11 is 1.12. The van der Waals surface area contributed by atoms with Crippen LogP contribution in [0.4, 0.5) is 0 Å². The molecule has 1 unspecified atom stereocenters. The maximum absolute atomic E-state index is 12.7. The molecule has 0 aliphatic carbocycles. The summed E-state index contributed by atoms with van der Waals surface area (Å²) in [5.74, 6) is 0.585. The fraction of sp³-hybridized carbons (Fsp3) is 0.346. The standard InChI is InChI=1S/C26H28N2O5S/c1-4-16(2)23(25(30)31-3)28-24(29)22-15-27-26(34-22)32-19-11-13-21-18(14-19)10-12-20(33-21)17-8-6-5-7-9-17/h5-9,11,13-16,20,23H,4,10,12H2,1-3H3,(H,28,29)/t16?,20-,23-/m0/s1. The van der Waals surface area contributed by atoms with Crippen LogP contribution in [0.1, 0.15) is 53.6 Å². The number of aryl methyl sites for hydroxylation is 1. The highest BCUT2D eigenvalue weighted by molar-refractivity contribution is 7.15. The molecule has 3 atom stereocenters. The summed E-state index contributed by atoms with van der Waals surface area (Å²) in [6.07, 6.45) is 3.99. The molecule has 8 heteroatoms. The predicted octanol–water partition coefficient (Wildman–Crippen LogP) is 5.32.